The summed E-state index contributed by atoms with van der Waals surface area (Å²) in [6.07, 6.45) is 21.8. The summed E-state index contributed by atoms with van der Waals surface area (Å²) in [6, 6.07) is 7.48. The molecule has 1 aromatic rings. The zero-order valence-corrected chi connectivity index (χ0v) is 26.6. The fourth-order valence-corrected chi connectivity index (χ4v) is 4.37. The quantitative estimate of drug-likeness (QED) is 0.0315. The first-order valence-corrected chi connectivity index (χ1v) is 16.4. The Kier molecular flexibility index (Phi) is 25.7. The van der Waals surface area contributed by atoms with Crippen LogP contribution in [0.3, 0.4) is 0 Å². The summed E-state index contributed by atoms with van der Waals surface area (Å²) in [7, 11) is 0. The summed E-state index contributed by atoms with van der Waals surface area (Å²) in [5.41, 5.74) is 0.936. The third-order valence-corrected chi connectivity index (χ3v) is 6.91. The number of aliphatic hydroxyl groups is 2. The molecule has 0 amide bonds. The number of hydrogen-bond acceptors (Lipinski definition) is 8. The lowest BCUT2D eigenvalue weighted by molar-refractivity contribution is -0.235. The van der Waals surface area contributed by atoms with Gasteiger partial charge in [0.2, 0.25) is 0 Å². The van der Waals surface area contributed by atoms with E-state index in [0.717, 1.165) is 31.2 Å². The van der Waals surface area contributed by atoms with Crippen molar-refractivity contribution in [2.75, 3.05) is 39.6 Å². The first-order chi connectivity index (χ1) is 21.1. The number of aliphatic hydroxyl groups excluding tert-OH is 2. The van der Waals surface area contributed by atoms with Crippen LogP contribution >= 0.6 is 0 Å². The van der Waals surface area contributed by atoms with Crippen molar-refractivity contribution >= 4 is 5.97 Å². The zero-order valence-electron chi connectivity index (χ0n) is 26.6. The van der Waals surface area contributed by atoms with Gasteiger partial charge in [0.1, 0.15) is 25.4 Å². The van der Waals surface area contributed by atoms with Crippen LogP contribution in [-0.4, -0.2) is 68.0 Å². The molecule has 0 saturated heterocycles. The number of hydrogen-bond donors (Lipinski definition) is 2. The SMILES string of the molecule is C=CCc1ccccc1OOCC(COCCOC(=O)CCCCCCC/C=C\CCCCCCCC)OCC(O)CO. The van der Waals surface area contributed by atoms with Crippen molar-refractivity contribution in [3.63, 3.8) is 0 Å². The van der Waals surface area contributed by atoms with Crippen LogP contribution in [0.25, 0.3) is 0 Å². The molecular formula is C35H58O8. The largest absolute Gasteiger partial charge is 0.463 e. The van der Waals surface area contributed by atoms with E-state index >= 15 is 0 Å². The van der Waals surface area contributed by atoms with Gasteiger partial charge in [-0.2, -0.15) is 4.89 Å². The van der Waals surface area contributed by atoms with Gasteiger partial charge in [-0.25, -0.2) is 0 Å². The Morgan fingerprint density at radius 3 is 2.26 bits per heavy atom. The van der Waals surface area contributed by atoms with Gasteiger partial charge in [-0.1, -0.05) is 94.7 Å². The average molecular weight is 607 g/mol. The van der Waals surface area contributed by atoms with Crippen LogP contribution in [0, 0.1) is 0 Å². The minimum absolute atomic E-state index is 0.0375. The molecule has 8 heteroatoms. The van der Waals surface area contributed by atoms with Crippen molar-refractivity contribution < 1.29 is 39.0 Å². The van der Waals surface area contributed by atoms with E-state index in [1.807, 2.05) is 18.2 Å². The molecule has 1 aromatic carbocycles. The molecule has 2 unspecified atom stereocenters. The molecule has 0 aliphatic heterocycles. The number of esters is 1. The Morgan fingerprint density at radius 2 is 1.56 bits per heavy atom. The normalized spacial score (nSPS) is 12.8. The summed E-state index contributed by atoms with van der Waals surface area (Å²) in [6.45, 7) is 6.06. The third-order valence-electron chi connectivity index (χ3n) is 6.91. The molecule has 0 heterocycles. The summed E-state index contributed by atoms with van der Waals surface area (Å²) >= 11 is 0. The highest BCUT2D eigenvalue weighted by atomic mass is 17.2. The van der Waals surface area contributed by atoms with Crippen LogP contribution in [0.2, 0.25) is 0 Å². The monoisotopic (exact) mass is 606 g/mol. The van der Waals surface area contributed by atoms with Crippen molar-refractivity contribution in [2.24, 2.45) is 0 Å². The molecule has 0 saturated carbocycles. The Morgan fingerprint density at radius 1 is 0.884 bits per heavy atom. The summed E-state index contributed by atoms with van der Waals surface area (Å²) in [5.74, 6) is 0.366. The fourth-order valence-electron chi connectivity index (χ4n) is 4.37. The van der Waals surface area contributed by atoms with Crippen molar-refractivity contribution in [3.05, 3.63) is 54.6 Å². The Bertz CT molecular complexity index is 828. The zero-order chi connectivity index (χ0) is 31.2. The van der Waals surface area contributed by atoms with E-state index in [-0.39, 0.29) is 39.0 Å². The standard InChI is InChI=1S/C35H58O8/c1-3-5-6-7-8-9-10-11-12-13-14-15-16-17-18-24-35(38)40-26-25-39-29-33(41-28-32(37)27-36)30-42-43-34-23-20-19-22-31(34)21-4-2/h4,11-12,19-20,22-23,32-33,36-37H,2-3,5-10,13-18,21,24-30H2,1H3/b12-11-. The summed E-state index contributed by atoms with van der Waals surface area (Å²) in [5, 5.41) is 18.7. The van der Waals surface area contributed by atoms with Gasteiger partial charge in [-0.15, -0.1) is 6.58 Å². The molecule has 0 aliphatic rings. The van der Waals surface area contributed by atoms with Crippen LogP contribution in [0.15, 0.2) is 49.1 Å². The van der Waals surface area contributed by atoms with E-state index in [2.05, 4.69) is 25.7 Å². The Hall–Kier alpha value is -2.23. The minimum Gasteiger partial charge on any atom is -0.463 e. The van der Waals surface area contributed by atoms with Gasteiger partial charge in [-0.3, -0.25) is 4.79 Å². The van der Waals surface area contributed by atoms with E-state index in [1.54, 1.807) is 12.1 Å². The van der Waals surface area contributed by atoms with Crippen LogP contribution < -0.4 is 4.89 Å². The maximum absolute atomic E-state index is 12.0. The molecule has 0 radical (unpaired) electrons. The molecule has 246 valence electrons. The van der Waals surface area contributed by atoms with Crippen molar-refractivity contribution in [3.8, 4) is 5.75 Å². The maximum Gasteiger partial charge on any atom is 0.305 e. The highest BCUT2D eigenvalue weighted by Crippen LogP contribution is 2.19. The second-order valence-electron chi connectivity index (χ2n) is 10.9. The predicted octanol–water partition coefficient (Wildman–Crippen LogP) is 7.06. The lowest BCUT2D eigenvalue weighted by Crippen LogP contribution is -2.31. The Balaban J connectivity index is 2.10. The topological polar surface area (TPSA) is 104 Å². The van der Waals surface area contributed by atoms with E-state index in [9.17, 15) is 9.90 Å². The van der Waals surface area contributed by atoms with Crippen LogP contribution in [0.1, 0.15) is 102 Å². The van der Waals surface area contributed by atoms with Crippen molar-refractivity contribution in [2.45, 2.75) is 115 Å². The number of carbonyl (C=O) groups excluding carboxylic acids is 1. The first-order valence-electron chi connectivity index (χ1n) is 16.4. The van der Waals surface area contributed by atoms with Crippen LogP contribution in [0.5, 0.6) is 5.75 Å². The molecular weight excluding hydrogens is 548 g/mol. The van der Waals surface area contributed by atoms with Gasteiger partial charge >= 0.3 is 5.97 Å². The summed E-state index contributed by atoms with van der Waals surface area (Å²) < 4.78 is 16.5. The van der Waals surface area contributed by atoms with E-state index in [1.165, 1.54) is 57.8 Å². The third kappa shape index (κ3) is 22.9. The van der Waals surface area contributed by atoms with Gasteiger partial charge in [-0.05, 0) is 44.6 Å². The summed E-state index contributed by atoms with van der Waals surface area (Å²) in [4.78, 5) is 22.9. The highest BCUT2D eigenvalue weighted by Gasteiger charge is 2.15. The number of para-hydroxylation sites is 1. The molecule has 0 spiro atoms. The number of rotatable bonds is 30. The van der Waals surface area contributed by atoms with Crippen molar-refractivity contribution in [1.82, 2.24) is 0 Å². The second-order valence-corrected chi connectivity index (χ2v) is 10.9. The molecule has 0 fully saturated rings. The molecule has 43 heavy (non-hydrogen) atoms. The molecule has 0 bridgehead atoms. The first kappa shape index (κ1) is 38.8. The van der Waals surface area contributed by atoms with E-state index < -0.39 is 18.8 Å². The van der Waals surface area contributed by atoms with Gasteiger partial charge in [0.05, 0.1) is 26.4 Å². The number of unbranched alkanes of at least 4 members (excludes halogenated alkanes) is 11. The molecule has 1 rings (SSSR count). The average Bonchev–Trinajstić information content (AvgIpc) is 3.01. The molecule has 8 nitrogen and oxygen atoms in total. The lowest BCUT2D eigenvalue weighted by Gasteiger charge is -2.19. The van der Waals surface area contributed by atoms with Crippen LogP contribution in [0.4, 0.5) is 0 Å². The number of benzene rings is 1. The van der Waals surface area contributed by atoms with Gasteiger partial charge in [0, 0.05) is 12.0 Å². The smallest absolute Gasteiger partial charge is 0.305 e. The van der Waals surface area contributed by atoms with E-state index in [4.69, 9.17) is 29.1 Å². The van der Waals surface area contributed by atoms with Crippen LogP contribution in [-0.2, 0) is 30.3 Å². The highest BCUT2D eigenvalue weighted by molar-refractivity contribution is 5.69. The second kappa shape index (κ2) is 28.5. The van der Waals surface area contributed by atoms with Gasteiger partial charge < -0.3 is 29.3 Å². The predicted molar refractivity (Wildman–Crippen MR) is 171 cm³/mol. The Labute approximate surface area is 260 Å². The fraction of sp³-hybridized carbons (Fsp3) is 0.686. The molecule has 2 N–H and O–H groups in total. The minimum atomic E-state index is -1.01. The van der Waals surface area contributed by atoms with E-state index in [0.29, 0.717) is 18.6 Å². The number of carbonyl (C=O) groups is 1. The molecule has 0 aromatic heterocycles. The molecule has 0 aliphatic carbocycles. The van der Waals surface area contributed by atoms with Crippen molar-refractivity contribution in [1.29, 1.82) is 0 Å². The van der Waals surface area contributed by atoms with Gasteiger partial charge in [0.25, 0.3) is 0 Å². The lowest BCUT2D eigenvalue weighted by atomic mass is 10.1. The molecule has 2 atom stereocenters. The maximum atomic E-state index is 12.0. The number of allylic oxidation sites excluding steroid dienone is 3. The number of ether oxygens (including phenoxy) is 3. The van der Waals surface area contributed by atoms with Gasteiger partial charge in [0.15, 0.2) is 5.75 Å².